The average Bonchev–Trinajstić information content (AvgIpc) is 2.50. The summed E-state index contributed by atoms with van der Waals surface area (Å²) in [5.74, 6) is 0.799. The zero-order valence-corrected chi connectivity index (χ0v) is 7.40. The Hall–Kier alpha value is -0.430. The first-order chi connectivity index (χ1) is 5.43. The van der Waals surface area contributed by atoms with Gasteiger partial charge in [0.1, 0.15) is 0 Å². The number of aromatic amines is 1. The maximum atomic E-state index is 5.56. The highest BCUT2D eigenvalue weighted by Gasteiger charge is 1.91. The van der Waals surface area contributed by atoms with Crippen LogP contribution in [0.2, 0.25) is 0 Å². The molecule has 0 aliphatic heterocycles. The predicted octanol–water partition coefficient (Wildman–Crippen LogP) is 2.97. The minimum atomic E-state index is 0.799. The molecule has 0 saturated carbocycles. The minimum absolute atomic E-state index is 0.799. The molecule has 62 valence electrons. The summed E-state index contributed by atoms with van der Waals surface area (Å²) in [6.45, 7) is 0. The zero-order valence-electron chi connectivity index (χ0n) is 6.65. The second kappa shape index (κ2) is 5.25. The molecule has 1 rings (SSSR count). The van der Waals surface area contributed by atoms with Gasteiger partial charge in [-0.3, -0.25) is 0 Å². The number of aromatic nitrogens is 1. The topological polar surface area (TPSA) is 15.8 Å². The van der Waals surface area contributed by atoms with E-state index in [1.54, 1.807) is 0 Å². The van der Waals surface area contributed by atoms with Crippen molar-refractivity contribution in [2.45, 2.75) is 25.7 Å². The van der Waals surface area contributed by atoms with Crippen molar-refractivity contribution in [1.29, 1.82) is 0 Å². The van der Waals surface area contributed by atoms with Crippen LogP contribution in [0.3, 0.4) is 0 Å². The van der Waals surface area contributed by atoms with Crippen molar-refractivity contribution in [3.05, 3.63) is 24.0 Å². The first kappa shape index (κ1) is 8.66. The third-order valence-corrected chi connectivity index (χ3v) is 2.03. The molecule has 0 aromatic carbocycles. The fourth-order valence-electron chi connectivity index (χ4n) is 1.11. The highest BCUT2D eigenvalue weighted by Crippen LogP contribution is 2.05. The third kappa shape index (κ3) is 3.47. The molecule has 0 bridgehead atoms. The van der Waals surface area contributed by atoms with Crippen LogP contribution in [0, 0.1) is 0 Å². The normalized spacial score (nSPS) is 10.3. The Bertz CT molecular complexity index is 170. The van der Waals surface area contributed by atoms with Crippen molar-refractivity contribution in [3.63, 3.8) is 0 Å². The highest BCUT2D eigenvalue weighted by atomic mass is 35.5. The van der Waals surface area contributed by atoms with Gasteiger partial charge in [0.2, 0.25) is 0 Å². The number of H-pyrrole nitrogens is 1. The van der Waals surface area contributed by atoms with Gasteiger partial charge in [0.15, 0.2) is 0 Å². The molecule has 1 heterocycles. The monoisotopic (exact) mass is 171 g/mol. The lowest BCUT2D eigenvalue weighted by Crippen LogP contribution is -1.83. The van der Waals surface area contributed by atoms with Crippen LogP contribution in [0.1, 0.15) is 24.8 Å². The second-order valence-corrected chi connectivity index (χ2v) is 3.10. The molecule has 0 unspecified atom stereocenters. The largest absolute Gasteiger partial charge is 0.367 e. The number of aryl methyl sites for hydroxylation is 1. The van der Waals surface area contributed by atoms with Crippen molar-refractivity contribution in [1.82, 2.24) is 4.98 Å². The molecular formula is C9H14ClN. The number of hydrogen-bond donors (Lipinski definition) is 1. The third-order valence-electron chi connectivity index (χ3n) is 1.76. The van der Waals surface area contributed by atoms with Gasteiger partial charge in [-0.25, -0.2) is 0 Å². The fourth-order valence-corrected chi connectivity index (χ4v) is 1.30. The lowest BCUT2D eigenvalue weighted by atomic mass is 10.1. The molecule has 11 heavy (non-hydrogen) atoms. The summed E-state index contributed by atoms with van der Waals surface area (Å²) >= 11 is 5.56. The Balaban J connectivity index is 2.04. The van der Waals surface area contributed by atoms with E-state index in [1.165, 1.54) is 24.8 Å². The molecule has 0 amide bonds. The highest BCUT2D eigenvalue weighted by molar-refractivity contribution is 6.17. The van der Waals surface area contributed by atoms with Crippen molar-refractivity contribution in [2.24, 2.45) is 0 Å². The minimum Gasteiger partial charge on any atom is -0.367 e. The molecule has 2 heteroatoms. The Morgan fingerprint density at radius 3 is 2.82 bits per heavy atom. The van der Waals surface area contributed by atoms with E-state index in [-0.39, 0.29) is 0 Å². The Morgan fingerprint density at radius 1 is 1.27 bits per heavy atom. The van der Waals surface area contributed by atoms with E-state index in [9.17, 15) is 0 Å². The number of unbranched alkanes of at least 4 members (excludes halogenated alkanes) is 2. The first-order valence-electron chi connectivity index (χ1n) is 4.11. The van der Waals surface area contributed by atoms with E-state index in [1.807, 2.05) is 6.20 Å². The molecule has 1 N–H and O–H groups in total. The van der Waals surface area contributed by atoms with Crippen LogP contribution >= 0.6 is 11.6 Å². The van der Waals surface area contributed by atoms with E-state index in [4.69, 9.17) is 11.6 Å². The summed E-state index contributed by atoms with van der Waals surface area (Å²) in [6, 6.07) is 2.13. The van der Waals surface area contributed by atoms with Gasteiger partial charge in [0.05, 0.1) is 0 Å². The summed E-state index contributed by atoms with van der Waals surface area (Å²) in [6.07, 6.45) is 8.85. The quantitative estimate of drug-likeness (QED) is 0.518. The van der Waals surface area contributed by atoms with Gasteiger partial charge >= 0.3 is 0 Å². The number of nitrogens with one attached hydrogen (secondary N) is 1. The molecule has 0 spiro atoms. The Morgan fingerprint density at radius 2 is 2.18 bits per heavy atom. The number of alkyl halides is 1. The molecule has 1 aromatic rings. The summed E-state index contributed by atoms with van der Waals surface area (Å²) in [5.41, 5.74) is 1.40. The Kier molecular flexibility index (Phi) is 4.14. The smallest absolute Gasteiger partial charge is 0.0223 e. The molecule has 0 aliphatic rings. The van der Waals surface area contributed by atoms with Crippen molar-refractivity contribution >= 4 is 11.6 Å². The number of halogens is 1. The molecule has 0 aliphatic carbocycles. The van der Waals surface area contributed by atoms with Gasteiger partial charge in [-0.15, -0.1) is 11.6 Å². The SMILES string of the molecule is ClCCCCCc1cc[nH]c1. The van der Waals surface area contributed by atoms with Gasteiger partial charge in [0.25, 0.3) is 0 Å². The maximum absolute atomic E-state index is 5.56. The van der Waals surface area contributed by atoms with Crippen molar-refractivity contribution in [3.8, 4) is 0 Å². The van der Waals surface area contributed by atoms with E-state index in [0.717, 1.165) is 12.3 Å². The van der Waals surface area contributed by atoms with Gasteiger partial charge in [-0.05, 0) is 30.9 Å². The standard InChI is InChI=1S/C9H14ClN/c10-6-3-1-2-4-9-5-7-11-8-9/h5,7-8,11H,1-4,6H2. The summed E-state index contributed by atoms with van der Waals surface area (Å²) in [4.78, 5) is 3.04. The van der Waals surface area contributed by atoms with Crippen LogP contribution in [0.15, 0.2) is 18.5 Å². The predicted molar refractivity (Wildman–Crippen MR) is 49.1 cm³/mol. The van der Waals surface area contributed by atoms with E-state index in [2.05, 4.69) is 17.2 Å². The lowest BCUT2D eigenvalue weighted by molar-refractivity contribution is 0.721. The van der Waals surface area contributed by atoms with Gasteiger partial charge < -0.3 is 4.98 Å². The van der Waals surface area contributed by atoms with Crippen LogP contribution in [0.25, 0.3) is 0 Å². The van der Waals surface area contributed by atoms with Crippen molar-refractivity contribution < 1.29 is 0 Å². The van der Waals surface area contributed by atoms with E-state index < -0.39 is 0 Å². The molecule has 1 aromatic heterocycles. The molecule has 0 atom stereocenters. The van der Waals surface area contributed by atoms with E-state index >= 15 is 0 Å². The first-order valence-corrected chi connectivity index (χ1v) is 4.64. The molecule has 0 saturated heterocycles. The second-order valence-electron chi connectivity index (χ2n) is 2.72. The maximum Gasteiger partial charge on any atom is 0.0223 e. The fraction of sp³-hybridized carbons (Fsp3) is 0.556. The summed E-state index contributed by atoms with van der Waals surface area (Å²) in [5, 5.41) is 0. The van der Waals surface area contributed by atoms with Crippen molar-refractivity contribution in [2.75, 3.05) is 5.88 Å². The average molecular weight is 172 g/mol. The van der Waals surface area contributed by atoms with Crippen LogP contribution in [0.5, 0.6) is 0 Å². The van der Waals surface area contributed by atoms with Crippen LogP contribution in [0.4, 0.5) is 0 Å². The number of rotatable bonds is 5. The molecule has 0 fully saturated rings. The summed E-state index contributed by atoms with van der Waals surface area (Å²) < 4.78 is 0. The van der Waals surface area contributed by atoms with Crippen LogP contribution < -0.4 is 0 Å². The number of hydrogen-bond acceptors (Lipinski definition) is 0. The lowest BCUT2D eigenvalue weighted by Gasteiger charge is -1.95. The zero-order chi connectivity index (χ0) is 7.94. The van der Waals surface area contributed by atoms with Gasteiger partial charge in [-0.1, -0.05) is 6.42 Å². The molecule has 1 nitrogen and oxygen atoms in total. The molecule has 0 radical (unpaired) electrons. The van der Waals surface area contributed by atoms with Gasteiger partial charge in [0, 0.05) is 18.3 Å². The van der Waals surface area contributed by atoms with Gasteiger partial charge in [-0.2, -0.15) is 0 Å². The Labute approximate surface area is 72.8 Å². The van der Waals surface area contributed by atoms with Crippen LogP contribution in [-0.2, 0) is 6.42 Å². The summed E-state index contributed by atoms with van der Waals surface area (Å²) in [7, 11) is 0. The van der Waals surface area contributed by atoms with E-state index in [0.29, 0.717) is 0 Å². The molecular weight excluding hydrogens is 158 g/mol. The van der Waals surface area contributed by atoms with Crippen LogP contribution in [-0.4, -0.2) is 10.9 Å².